The summed E-state index contributed by atoms with van der Waals surface area (Å²) in [5.74, 6) is 0.328. The highest BCUT2D eigenvalue weighted by Gasteiger charge is 2.06. The molecule has 0 aliphatic rings. The van der Waals surface area contributed by atoms with Gasteiger partial charge in [0.1, 0.15) is 11.5 Å². The van der Waals surface area contributed by atoms with Gasteiger partial charge >= 0.3 is 5.97 Å². The third-order valence-electron chi connectivity index (χ3n) is 1.60. The van der Waals surface area contributed by atoms with Crippen LogP contribution < -0.4 is 9.47 Å². The molecule has 0 aliphatic heterocycles. The molecule has 0 amide bonds. The number of carbonyl (C=O) groups excluding carboxylic acids is 2. The number of benzene rings is 1. The van der Waals surface area contributed by atoms with Gasteiger partial charge in [-0.05, 0) is 18.2 Å². The lowest BCUT2D eigenvalue weighted by atomic mass is 10.2. The van der Waals surface area contributed by atoms with Gasteiger partial charge < -0.3 is 9.47 Å². The maximum absolute atomic E-state index is 10.7. The van der Waals surface area contributed by atoms with Gasteiger partial charge in [0.15, 0.2) is 6.29 Å². The fourth-order valence-electron chi connectivity index (χ4n) is 0.993. The summed E-state index contributed by atoms with van der Waals surface area (Å²) in [6.45, 7) is 1.28. The lowest BCUT2D eigenvalue weighted by Crippen LogP contribution is -2.03. The molecule has 0 heterocycles. The van der Waals surface area contributed by atoms with Gasteiger partial charge in [-0.15, -0.1) is 0 Å². The van der Waals surface area contributed by atoms with Crippen LogP contribution in [0.15, 0.2) is 18.2 Å². The van der Waals surface area contributed by atoms with Crippen LogP contribution in [0.4, 0.5) is 0 Å². The summed E-state index contributed by atoms with van der Waals surface area (Å²) in [6, 6.07) is 4.64. The Kier molecular flexibility index (Phi) is 3.23. The highest BCUT2D eigenvalue weighted by Crippen LogP contribution is 2.22. The number of hydrogen-bond donors (Lipinski definition) is 0. The highest BCUT2D eigenvalue weighted by atomic mass is 16.5. The summed E-state index contributed by atoms with van der Waals surface area (Å²) in [5, 5.41) is 0. The number of carbonyl (C=O) groups is 2. The predicted octanol–water partition coefficient (Wildman–Crippen LogP) is 1.43. The SMILES string of the molecule is COc1ccc(OC(C)=O)c(C=O)c1. The molecular formula is C10H10O4. The second kappa shape index (κ2) is 4.41. The summed E-state index contributed by atoms with van der Waals surface area (Å²) in [5.41, 5.74) is 0.291. The van der Waals surface area contributed by atoms with Gasteiger partial charge in [-0.2, -0.15) is 0 Å². The van der Waals surface area contributed by atoms with Crippen LogP contribution >= 0.6 is 0 Å². The van der Waals surface area contributed by atoms with Gasteiger partial charge in [-0.25, -0.2) is 0 Å². The minimum absolute atomic E-state index is 0.244. The normalized spacial score (nSPS) is 9.29. The molecule has 1 rings (SSSR count). The van der Waals surface area contributed by atoms with E-state index in [1.54, 1.807) is 6.07 Å². The molecule has 0 N–H and O–H groups in total. The fourth-order valence-corrected chi connectivity index (χ4v) is 0.993. The zero-order valence-corrected chi connectivity index (χ0v) is 7.94. The molecule has 0 saturated carbocycles. The van der Waals surface area contributed by atoms with E-state index in [-0.39, 0.29) is 5.75 Å². The van der Waals surface area contributed by atoms with Crippen LogP contribution in [0.3, 0.4) is 0 Å². The van der Waals surface area contributed by atoms with Crippen LogP contribution in [0.25, 0.3) is 0 Å². The van der Waals surface area contributed by atoms with Crippen molar-refractivity contribution >= 4 is 12.3 Å². The molecule has 4 nitrogen and oxygen atoms in total. The number of rotatable bonds is 3. The molecule has 4 heteroatoms. The Labute approximate surface area is 81.4 Å². The summed E-state index contributed by atoms with van der Waals surface area (Å²) in [6.07, 6.45) is 0.612. The Balaban J connectivity index is 3.04. The Hall–Kier alpha value is -1.84. The van der Waals surface area contributed by atoms with Crippen molar-refractivity contribution in [2.45, 2.75) is 6.92 Å². The first-order valence-electron chi connectivity index (χ1n) is 3.99. The Morgan fingerprint density at radius 1 is 1.43 bits per heavy atom. The van der Waals surface area contributed by atoms with Crippen molar-refractivity contribution in [2.24, 2.45) is 0 Å². The third-order valence-corrected chi connectivity index (χ3v) is 1.60. The lowest BCUT2D eigenvalue weighted by Gasteiger charge is -2.05. The number of esters is 1. The van der Waals surface area contributed by atoms with Crippen LogP contribution in [0, 0.1) is 0 Å². The first-order valence-corrected chi connectivity index (χ1v) is 3.99. The third kappa shape index (κ3) is 2.32. The summed E-state index contributed by atoms with van der Waals surface area (Å²) in [7, 11) is 1.50. The lowest BCUT2D eigenvalue weighted by molar-refractivity contribution is -0.131. The molecule has 14 heavy (non-hydrogen) atoms. The van der Waals surface area contributed by atoms with E-state index in [0.717, 1.165) is 0 Å². The molecule has 0 atom stereocenters. The van der Waals surface area contributed by atoms with Gasteiger partial charge in [-0.1, -0.05) is 0 Å². The fraction of sp³-hybridized carbons (Fsp3) is 0.200. The predicted molar refractivity (Wildman–Crippen MR) is 49.7 cm³/mol. The molecule has 0 unspecified atom stereocenters. The summed E-state index contributed by atoms with van der Waals surface area (Å²) in [4.78, 5) is 21.3. The van der Waals surface area contributed by atoms with E-state index in [0.29, 0.717) is 17.6 Å². The van der Waals surface area contributed by atoms with Gasteiger partial charge in [0.05, 0.1) is 12.7 Å². The molecule has 0 aliphatic carbocycles. The monoisotopic (exact) mass is 194 g/mol. The van der Waals surface area contributed by atoms with E-state index in [1.807, 2.05) is 0 Å². The van der Waals surface area contributed by atoms with Gasteiger partial charge in [0.25, 0.3) is 0 Å². The Bertz CT molecular complexity index is 357. The molecule has 0 aromatic heterocycles. The van der Waals surface area contributed by atoms with Gasteiger partial charge in [0.2, 0.25) is 0 Å². The molecule has 74 valence electrons. The molecule has 0 saturated heterocycles. The smallest absolute Gasteiger partial charge is 0.308 e. The summed E-state index contributed by atoms with van der Waals surface area (Å²) >= 11 is 0. The van der Waals surface area contributed by atoms with Crippen molar-refractivity contribution in [3.63, 3.8) is 0 Å². The largest absolute Gasteiger partial charge is 0.497 e. The van der Waals surface area contributed by atoms with E-state index in [9.17, 15) is 9.59 Å². The number of methoxy groups -OCH3 is 1. The molecule has 1 aromatic carbocycles. The van der Waals surface area contributed by atoms with E-state index < -0.39 is 5.97 Å². The van der Waals surface area contributed by atoms with Crippen LogP contribution in [0.1, 0.15) is 17.3 Å². The van der Waals surface area contributed by atoms with Crippen molar-refractivity contribution in [3.05, 3.63) is 23.8 Å². The zero-order valence-electron chi connectivity index (χ0n) is 7.94. The minimum Gasteiger partial charge on any atom is -0.497 e. The average molecular weight is 194 g/mol. The topological polar surface area (TPSA) is 52.6 Å². The van der Waals surface area contributed by atoms with E-state index in [1.165, 1.54) is 26.2 Å². The molecule has 1 aromatic rings. The molecular weight excluding hydrogens is 184 g/mol. The highest BCUT2D eigenvalue weighted by molar-refractivity contribution is 5.82. The van der Waals surface area contributed by atoms with Crippen LogP contribution in [-0.4, -0.2) is 19.4 Å². The first kappa shape index (κ1) is 10.2. The first-order chi connectivity index (χ1) is 6.67. The summed E-state index contributed by atoms with van der Waals surface area (Å²) < 4.78 is 9.73. The number of aldehydes is 1. The van der Waals surface area contributed by atoms with Crippen molar-refractivity contribution in [1.82, 2.24) is 0 Å². The van der Waals surface area contributed by atoms with Crippen LogP contribution in [0.2, 0.25) is 0 Å². The Morgan fingerprint density at radius 2 is 2.14 bits per heavy atom. The van der Waals surface area contributed by atoms with E-state index in [4.69, 9.17) is 9.47 Å². The molecule has 0 fully saturated rings. The van der Waals surface area contributed by atoms with Gasteiger partial charge in [0, 0.05) is 6.92 Å². The average Bonchev–Trinajstić information content (AvgIpc) is 2.17. The maximum Gasteiger partial charge on any atom is 0.308 e. The Morgan fingerprint density at radius 3 is 2.64 bits per heavy atom. The molecule has 0 bridgehead atoms. The second-order valence-corrected chi connectivity index (χ2v) is 2.62. The van der Waals surface area contributed by atoms with E-state index in [2.05, 4.69) is 0 Å². The van der Waals surface area contributed by atoms with Crippen molar-refractivity contribution < 1.29 is 19.1 Å². The van der Waals surface area contributed by atoms with Gasteiger partial charge in [-0.3, -0.25) is 9.59 Å². The molecule has 0 radical (unpaired) electrons. The van der Waals surface area contributed by atoms with Crippen molar-refractivity contribution in [1.29, 1.82) is 0 Å². The van der Waals surface area contributed by atoms with E-state index >= 15 is 0 Å². The second-order valence-electron chi connectivity index (χ2n) is 2.62. The van der Waals surface area contributed by atoms with Crippen molar-refractivity contribution in [3.8, 4) is 11.5 Å². The minimum atomic E-state index is -0.460. The van der Waals surface area contributed by atoms with Crippen LogP contribution in [-0.2, 0) is 4.79 Å². The zero-order chi connectivity index (χ0) is 10.6. The number of hydrogen-bond acceptors (Lipinski definition) is 4. The molecule has 0 spiro atoms. The standard InChI is InChI=1S/C10H10O4/c1-7(12)14-10-4-3-9(13-2)5-8(10)6-11/h3-6H,1-2H3. The number of ether oxygens (including phenoxy) is 2. The maximum atomic E-state index is 10.7. The quantitative estimate of drug-likeness (QED) is 0.415. The van der Waals surface area contributed by atoms with Crippen molar-refractivity contribution in [2.75, 3.05) is 7.11 Å². The van der Waals surface area contributed by atoms with Crippen LogP contribution in [0.5, 0.6) is 11.5 Å².